The van der Waals surface area contributed by atoms with E-state index in [4.69, 9.17) is 18.9 Å². The highest BCUT2D eigenvalue weighted by molar-refractivity contribution is 6.08. The van der Waals surface area contributed by atoms with Gasteiger partial charge in [-0.2, -0.15) is 0 Å². The molecule has 0 aromatic heterocycles. The van der Waals surface area contributed by atoms with E-state index in [1.807, 2.05) is 24.3 Å². The smallest absolute Gasteiger partial charge is 0.203 e. The van der Waals surface area contributed by atoms with Gasteiger partial charge in [0.2, 0.25) is 5.75 Å². The van der Waals surface area contributed by atoms with Gasteiger partial charge in [0, 0.05) is 11.1 Å². The van der Waals surface area contributed by atoms with Crippen LogP contribution >= 0.6 is 0 Å². The number of rotatable bonds is 10. The lowest BCUT2D eigenvalue weighted by atomic mass is 10.0. The highest BCUT2D eigenvalue weighted by Gasteiger charge is 2.13. The first-order valence-corrected chi connectivity index (χ1v) is 13.6. The molecule has 4 aromatic carbocycles. The summed E-state index contributed by atoms with van der Waals surface area (Å²) in [5.74, 6) is 2.38. The number of ether oxygens (including phenoxy) is 4. The second kappa shape index (κ2) is 15.7. The molecule has 0 spiro atoms. The summed E-state index contributed by atoms with van der Waals surface area (Å²) in [6, 6.07) is 20.3. The Morgan fingerprint density at radius 2 is 1.02 bits per heavy atom. The van der Waals surface area contributed by atoms with E-state index < -0.39 is 0 Å². The Morgan fingerprint density at radius 1 is 0.568 bits per heavy atom. The third kappa shape index (κ3) is 8.75. The van der Waals surface area contributed by atoms with E-state index in [1.54, 1.807) is 69.5 Å². The molecule has 0 saturated carbocycles. The van der Waals surface area contributed by atoms with Gasteiger partial charge in [0.05, 0.1) is 28.4 Å². The fourth-order valence-corrected chi connectivity index (χ4v) is 4.28. The number of benzene rings is 4. The summed E-state index contributed by atoms with van der Waals surface area (Å²) in [6.07, 6.45) is 6.44. The van der Waals surface area contributed by atoms with Crippen molar-refractivity contribution >= 4 is 23.7 Å². The Kier molecular flexibility index (Phi) is 11.7. The van der Waals surface area contributed by atoms with Crippen molar-refractivity contribution in [2.24, 2.45) is 0 Å². The number of aromatic hydroxyl groups is 2. The molecule has 0 fully saturated rings. The van der Waals surface area contributed by atoms with E-state index >= 15 is 0 Å². The first kappa shape index (κ1) is 33.0. The molecule has 8 heteroatoms. The number of phenols is 2. The summed E-state index contributed by atoms with van der Waals surface area (Å²) in [6.45, 7) is 3.58. The first-order chi connectivity index (χ1) is 21.1. The fourth-order valence-electron chi connectivity index (χ4n) is 4.28. The first-order valence-electron chi connectivity index (χ1n) is 13.6. The van der Waals surface area contributed by atoms with Crippen LogP contribution in [0.1, 0.15) is 43.0 Å². The van der Waals surface area contributed by atoms with Crippen molar-refractivity contribution in [1.82, 2.24) is 0 Å². The van der Waals surface area contributed by atoms with E-state index in [0.29, 0.717) is 28.4 Å². The number of phenolic OH excluding ortho intramolecular Hbond substituents is 2. The summed E-state index contributed by atoms with van der Waals surface area (Å²) in [4.78, 5) is 24.4. The van der Waals surface area contributed by atoms with Crippen LogP contribution in [0, 0.1) is 13.8 Å². The summed E-state index contributed by atoms with van der Waals surface area (Å²) in [5, 5.41) is 18.8. The zero-order valence-corrected chi connectivity index (χ0v) is 25.6. The van der Waals surface area contributed by atoms with Crippen LogP contribution in [0.15, 0.2) is 84.9 Å². The molecule has 4 aromatic rings. The van der Waals surface area contributed by atoms with Crippen molar-refractivity contribution in [3.8, 4) is 34.5 Å². The van der Waals surface area contributed by atoms with E-state index in [9.17, 15) is 19.8 Å². The third-order valence-corrected chi connectivity index (χ3v) is 6.61. The van der Waals surface area contributed by atoms with Crippen LogP contribution in [0.5, 0.6) is 34.5 Å². The number of methoxy groups -OCH3 is 4. The second-order valence-corrected chi connectivity index (χ2v) is 9.63. The molecule has 0 bridgehead atoms. The zero-order chi connectivity index (χ0) is 32.2. The maximum absolute atomic E-state index is 12.3. The summed E-state index contributed by atoms with van der Waals surface area (Å²) < 4.78 is 20.9. The normalized spacial score (nSPS) is 10.7. The van der Waals surface area contributed by atoms with Crippen LogP contribution in [0.25, 0.3) is 12.2 Å². The Balaban J connectivity index is 0.000000244. The van der Waals surface area contributed by atoms with Gasteiger partial charge in [-0.15, -0.1) is 0 Å². The molecule has 0 saturated heterocycles. The maximum atomic E-state index is 12.3. The number of allylic oxidation sites excluding steroid dienone is 2. The summed E-state index contributed by atoms with van der Waals surface area (Å²) >= 11 is 0. The number of carbonyl (C=O) groups is 2. The molecule has 0 unspecified atom stereocenters. The number of ketones is 2. The van der Waals surface area contributed by atoms with Gasteiger partial charge in [-0.3, -0.25) is 9.59 Å². The lowest BCUT2D eigenvalue weighted by Gasteiger charge is -2.12. The topological polar surface area (TPSA) is 112 Å². The molecule has 0 heterocycles. The van der Waals surface area contributed by atoms with Crippen LogP contribution in [0.3, 0.4) is 0 Å². The Hall–Kier alpha value is -5.50. The predicted octanol–water partition coefficient (Wildman–Crippen LogP) is 7.23. The summed E-state index contributed by atoms with van der Waals surface area (Å²) in [5.41, 5.74) is 4.28. The predicted molar refractivity (Wildman–Crippen MR) is 172 cm³/mol. The van der Waals surface area contributed by atoms with E-state index in [2.05, 4.69) is 0 Å². The third-order valence-electron chi connectivity index (χ3n) is 6.61. The number of aryl methyl sites for hydroxylation is 2. The minimum absolute atomic E-state index is 0.0849. The molecule has 0 atom stereocenters. The van der Waals surface area contributed by atoms with Gasteiger partial charge >= 0.3 is 0 Å². The van der Waals surface area contributed by atoms with E-state index in [-0.39, 0.29) is 23.1 Å². The Bertz CT molecular complexity index is 1640. The standard InChI is InChI=1S/C19H20O5.C17H16O3/c1-12-9-14(20)6-7-15(12)16(21)8-5-13-10-17(22-2)19(24-4)18(11-13)23-3;1-12-11-14(18)6-9-16(12)17(19)10-5-13-3-7-15(20-2)8-4-13/h5-11,20H,1-4H3;3-11,18H,1-2H3. The zero-order valence-electron chi connectivity index (χ0n) is 25.6. The Morgan fingerprint density at radius 3 is 1.41 bits per heavy atom. The van der Waals surface area contributed by atoms with Crippen molar-refractivity contribution in [2.75, 3.05) is 28.4 Å². The molecule has 8 nitrogen and oxygen atoms in total. The van der Waals surface area contributed by atoms with Gasteiger partial charge in [-0.1, -0.05) is 24.3 Å². The molecular formula is C36H36O8. The van der Waals surface area contributed by atoms with E-state index in [0.717, 1.165) is 28.0 Å². The van der Waals surface area contributed by atoms with Crippen LogP contribution in [-0.4, -0.2) is 50.2 Å². The van der Waals surface area contributed by atoms with Crippen LogP contribution < -0.4 is 18.9 Å². The van der Waals surface area contributed by atoms with Crippen LogP contribution in [0.2, 0.25) is 0 Å². The van der Waals surface area contributed by atoms with Crippen LogP contribution in [0.4, 0.5) is 0 Å². The lowest BCUT2D eigenvalue weighted by Crippen LogP contribution is -1.98. The molecule has 0 amide bonds. The fraction of sp³-hybridized carbons (Fsp3) is 0.167. The molecule has 0 radical (unpaired) electrons. The monoisotopic (exact) mass is 596 g/mol. The minimum atomic E-state index is -0.152. The molecule has 2 N–H and O–H groups in total. The largest absolute Gasteiger partial charge is 0.508 e. The van der Waals surface area contributed by atoms with Crippen molar-refractivity contribution in [2.45, 2.75) is 13.8 Å². The molecule has 228 valence electrons. The van der Waals surface area contributed by atoms with Gasteiger partial charge in [0.15, 0.2) is 23.1 Å². The van der Waals surface area contributed by atoms with Crippen molar-refractivity contribution in [3.05, 3.63) is 118 Å². The minimum Gasteiger partial charge on any atom is -0.508 e. The average molecular weight is 597 g/mol. The Labute approximate surface area is 257 Å². The van der Waals surface area contributed by atoms with Crippen molar-refractivity contribution in [3.63, 3.8) is 0 Å². The van der Waals surface area contributed by atoms with Gasteiger partial charge in [-0.25, -0.2) is 0 Å². The molecular weight excluding hydrogens is 560 g/mol. The van der Waals surface area contributed by atoms with Gasteiger partial charge in [-0.05, 0) is 109 Å². The van der Waals surface area contributed by atoms with Gasteiger partial charge < -0.3 is 29.2 Å². The van der Waals surface area contributed by atoms with Gasteiger partial charge in [0.25, 0.3) is 0 Å². The van der Waals surface area contributed by atoms with E-state index in [1.165, 1.54) is 45.6 Å². The quantitative estimate of drug-likeness (QED) is 0.146. The second-order valence-electron chi connectivity index (χ2n) is 9.63. The highest BCUT2D eigenvalue weighted by atomic mass is 16.5. The highest BCUT2D eigenvalue weighted by Crippen LogP contribution is 2.38. The van der Waals surface area contributed by atoms with Crippen molar-refractivity contribution in [1.29, 1.82) is 0 Å². The number of hydrogen-bond donors (Lipinski definition) is 2. The number of carbonyl (C=O) groups excluding carboxylic acids is 2. The number of hydrogen-bond acceptors (Lipinski definition) is 8. The lowest BCUT2D eigenvalue weighted by molar-refractivity contribution is 0.103. The van der Waals surface area contributed by atoms with Crippen LogP contribution in [-0.2, 0) is 0 Å². The molecule has 0 aliphatic rings. The van der Waals surface area contributed by atoms with Crippen molar-refractivity contribution < 1.29 is 38.7 Å². The maximum Gasteiger partial charge on any atom is 0.203 e. The molecule has 0 aliphatic heterocycles. The summed E-state index contributed by atoms with van der Waals surface area (Å²) in [7, 11) is 6.22. The SMILES string of the molecule is COc1cc(C=CC(=O)c2ccc(O)cc2C)cc(OC)c1OC.COc1ccc(C=CC(=O)c2ccc(O)cc2C)cc1. The molecule has 44 heavy (non-hydrogen) atoms. The molecule has 0 aliphatic carbocycles. The average Bonchev–Trinajstić information content (AvgIpc) is 3.02. The molecule has 4 rings (SSSR count). The van der Waals surface area contributed by atoms with Gasteiger partial charge in [0.1, 0.15) is 17.2 Å².